The fraction of sp³-hybridized carbons (Fsp3) is 0.345. The van der Waals surface area contributed by atoms with E-state index in [2.05, 4.69) is 29.6 Å². The number of nitrogens with zero attached hydrogens (tertiary/aromatic N) is 2. The van der Waals surface area contributed by atoms with Crippen molar-refractivity contribution in [3.05, 3.63) is 106 Å². The molecule has 0 saturated heterocycles. The third-order valence-electron chi connectivity index (χ3n) is 7.22. The van der Waals surface area contributed by atoms with Crippen LogP contribution < -0.4 is 10.9 Å². The summed E-state index contributed by atoms with van der Waals surface area (Å²) in [5.74, 6) is -0.479. The molecule has 0 radical (unpaired) electrons. The minimum atomic E-state index is -0.934. The average Bonchev–Trinajstić information content (AvgIpc) is 3.38. The number of hydrogen-bond acceptors (Lipinski definition) is 3. The van der Waals surface area contributed by atoms with Gasteiger partial charge < -0.3 is 14.8 Å². The van der Waals surface area contributed by atoms with Gasteiger partial charge in [-0.15, -0.1) is 0 Å². The quantitative estimate of drug-likeness (QED) is 0.566. The van der Waals surface area contributed by atoms with Crippen molar-refractivity contribution in [3.63, 3.8) is 0 Å². The van der Waals surface area contributed by atoms with Crippen molar-refractivity contribution in [2.75, 3.05) is 13.6 Å². The lowest BCUT2D eigenvalue weighted by Crippen LogP contribution is -2.59. The molecule has 0 bridgehead atoms. The Morgan fingerprint density at radius 1 is 1.00 bits per heavy atom. The molecule has 0 atom stereocenters. The molecule has 1 heterocycles. The number of hydrogen-bond donors (Lipinski definition) is 1. The van der Waals surface area contributed by atoms with Gasteiger partial charge in [-0.25, -0.2) is 0 Å². The van der Waals surface area contributed by atoms with E-state index in [0.29, 0.717) is 30.5 Å². The predicted octanol–water partition coefficient (Wildman–Crippen LogP) is 4.03. The molecule has 1 aliphatic carbocycles. The summed E-state index contributed by atoms with van der Waals surface area (Å²) in [5, 5.41) is 2.83. The van der Waals surface area contributed by atoms with Gasteiger partial charge in [0.05, 0.1) is 5.56 Å². The highest BCUT2D eigenvalue weighted by atomic mass is 16.2. The normalized spacial score (nSPS) is 14.6. The number of amides is 2. The van der Waals surface area contributed by atoms with Crippen LogP contribution in [0.1, 0.15) is 58.6 Å². The third kappa shape index (κ3) is 4.78. The van der Waals surface area contributed by atoms with E-state index < -0.39 is 5.54 Å². The zero-order chi connectivity index (χ0) is 25.0. The minimum Gasteiger partial charge on any atom is -0.357 e. The second-order valence-corrected chi connectivity index (χ2v) is 9.44. The van der Waals surface area contributed by atoms with Gasteiger partial charge in [-0.05, 0) is 37.0 Å². The van der Waals surface area contributed by atoms with E-state index in [0.717, 1.165) is 24.0 Å². The third-order valence-corrected chi connectivity index (χ3v) is 7.22. The van der Waals surface area contributed by atoms with Crippen LogP contribution in [-0.2, 0) is 11.8 Å². The highest BCUT2D eigenvalue weighted by molar-refractivity contribution is 5.99. The topological polar surface area (TPSA) is 71.4 Å². The van der Waals surface area contributed by atoms with Crippen molar-refractivity contribution in [2.45, 2.75) is 44.1 Å². The summed E-state index contributed by atoms with van der Waals surface area (Å²) in [5.41, 5.74) is 2.01. The highest BCUT2D eigenvalue weighted by Gasteiger charge is 2.49. The molecule has 1 saturated carbocycles. The standard InChI is InChI=1S/C29H33N3O3/c1-21-18-24(19-31(3)26(21)33)27(34)32(29(28(35)30-2)16-10-11-17-29)20-25(22-12-6-4-7-13-22)23-14-8-5-9-15-23/h4-9,12-15,18-19,25H,10-11,16-17,20H2,1-3H3,(H,30,35). The molecule has 182 valence electrons. The number of carbonyl (C=O) groups is 2. The van der Waals surface area contributed by atoms with E-state index in [1.807, 2.05) is 36.4 Å². The Morgan fingerprint density at radius 2 is 1.54 bits per heavy atom. The number of nitrogens with one attached hydrogen (secondary N) is 1. The molecular weight excluding hydrogens is 438 g/mol. The summed E-state index contributed by atoms with van der Waals surface area (Å²) < 4.78 is 1.44. The van der Waals surface area contributed by atoms with Crippen LogP contribution in [0.2, 0.25) is 0 Å². The minimum absolute atomic E-state index is 0.114. The molecule has 3 aromatic rings. The smallest absolute Gasteiger partial charge is 0.256 e. The lowest BCUT2D eigenvalue weighted by atomic mass is 9.86. The lowest BCUT2D eigenvalue weighted by molar-refractivity contribution is -0.131. The van der Waals surface area contributed by atoms with Crippen LogP contribution in [-0.4, -0.2) is 40.4 Å². The maximum absolute atomic E-state index is 14.2. The summed E-state index contributed by atoms with van der Waals surface area (Å²) in [6.45, 7) is 2.06. The molecule has 6 heteroatoms. The van der Waals surface area contributed by atoms with Gasteiger partial charge in [0.25, 0.3) is 11.5 Å². The van der Waals surface area contributed by atoms with Crippen molar-refractivity contribution in [2.24, 2.45) is 7.05 Å². The highest BCUT2D eigenvalue weighted by Crippen LogP contribution is 2.39. The number of aromatic nitrogens is 1. The summed E-state index contributed by atoms with van der Waals surface area (Å²) in [4.78, 5) is 41.7. The zero-order valence-corrected chi connectivity index (χ0v) is 20.7. The van der Waals surface area contributed by atoms with E-state index >= 15 is 0 Å². The lowest BCUT2D eigenvalue weighted by Gasteiger charge is -2.42. The van der Waals surface area contributed by atoms with Crippen molar-refractivity contribution in [3.8, 4) is 0 Å². The largest absolute Gasteiger partial charge is 0.357 e. The summed E-state index contributed by atoms with van der Waals surface area (Å²) in [6, 6.07) is 21.9. The van der Waals surface area contributed by atoms with Crippen molar-refractivity contribution >= 4 is 11.8 Å². The molecule has 1 fully saturated rings. The first-order valence-electron chi connectivity index (χ1n) is 12.2. The second-order valence-electron chi connectivity index (χ2n) is 9.44. The Bertz CT molecular complexity index is 1180. The Labute approximate surface area is 206 Å². The monoisotopic (exact) mass is 471 g/mol. The SMILES string of the molecule is CNC(=O)C1(N(CC(c2ccccc2)c2ccccc2)C(=O)c2cc(C)c(=O)n(C)c2)CCCC1. The first-order valence-corrected chi connectivity index (χ1v) is 12.2. The fourth-order valence-corrected chi connectivity index (χ4v) is 5.37. The van der Waals surface area contributed by atoms with E-state index in [4.69, 9.17) is 0 Å². The van der Waals surface area contributed by atoms with Gasteiger partial charge in [0.1, 0.15) is 5.54 Å². The molecule has 35 heavy (non-hydrogen) atoms. The Morgan fingerprint density at radius 3 is 2.03 bits per heavy atom. The molecule has 1 aromatic heterocycles. The molecule has 6 nitrogen and oxygen atoms in total. The van der Waals surface area contributed by atoms with Crippen LogP contribution in [0.4, 0.5) is 0 Å². The number of pyridine rings is 1. The Kier molecular flexibility index (Phi) is 7.20. The maximum atomic E-state index is 14.2. The van der Waals surface area contributed by atoms with Crippen molar-refractivity contribution < 1.29 is 9.59 Å². The first-order chi connectivity index (χ1) is 16.9. The summed E-state index contributed by atoms with van der Waals surface area (Å²) in [6.07, 6.45) is 4.56. The van der Waals surface area contributed by atoms with Crippen LogP contribution >= 0.6 is 0 Å². The van der Waals surface area contributed by atoms with E-state index in [1.165, 1.54) is 4.57 Å². The van der Waals surface area contributed by atoms with Crippen molar-refractivity contribution in [1.29, 1.82) is 0 Å². The maximum Gasteiger partial charge on any atom is 0.256 e. The molecule has 4 rings (SSSR count). The molecule has 0 aliphatic heterocycles. The summed E-state index contributed by atoms with van der Waals surface area (Å²) in [7, 11) is 3.28. The molecule has 0 spiro atoms. The summed E-state index contributed by atoms with van der Waals surface area (Å²) >= 11 is 0. The Balaban J connectivity index is 1.86. The number of carbonyl (C=O) groups excluding carboxylic acids is 2. The first kappa shape index (κ1) is 24.5. The van der Waals surface area contributed by atoms with Gasteiger partial charge in [0.15, 0.2) is 0 Å². The van der Waals surface area contributed by atoms with Gasteiger partial charge in [0.2, 0.25) is 5.91 Å². The zero-order valence-electron chi connectivity index (χ0n) is 20.7. The molecule has 0 unspecified atom stereocenters. The fourth-order valence-electron chi connectivity index (χ4n) is 5.37. The number of rotatable bonds is 7. The van der Waals surface area contributed by atoms with Gasteiger partial charge in [0, 0.05) is 38.3 Å². The molecule has 1 aliphatic rings. The average molecular weight is 472 g/mol. The van der Waals surface area contributed by atoms with E-state index in [9.17, 15) is 14.4 Å². The van der Waals surface area contributed by atoms with Gasteiger partial charge in [-0.1, -0.05) is 73.5 Å². The Hall–Kier alpha value is -3.67. The van der Waals surface area contributed by atoms with Gasteiger partial charge in [-0.3, -0.25) is 14.4 Å². The predicted molar refractivity (Wildman–Crippen MR) is 137 cm³/mol. The van der Waals surface area contributed by atoms with E-state index in [-0.39, 0.29) is 23.3 Å². The van der Waals surface area contributed by atoms with Crippen LogP contribution in [0.3, 0.4) is 0 Å². The number of benzene rings is 2. The molecular formula is C29H33N3O3. The van der Waals surface area contributed by atoms with Crippen LogP contribution in [0.5, 0.6) is 0 Å². The van der Waals surface area contributed by atoms with Gasteiger partial charge in [-0.2, -0.15) is 0 Å². The molecule has 2 amide bonds. The molecule has 2 aromatic carbocycles. The van der Waals surface area contributed by atoms with E-state index in [1.54, 1.807) is 38.2 Å². The van der Waals surface area contributed by atoms with Crippen LogP contribution in [0, 0.1) is 6.92 Å². The van der Waals surface area contributed by atoms with Crippen LogP contribution in [0.25, 0.3) is 0 Å². The number of aryl methyl sites for hydroxylation is 2. The second kappa shape index (κ2) is 10.3. The molecule has 1 N–H and O–H groups in total. The van der Waals surface area contributed by atoms with Crippen molar-refractivity contribution in [1.82, 2.24) is 14.8 Å². The van der Waals surface area contributed by atoms with Gasteiger partial charge >= 0.3 is 0 Å². The number of likely N-dealkylation sites (N-methyl/N-ethyl adjacent to an activating group) is 1. The van der Waals surface area contributed by atoms with Crippen LogP contribution in [0.15, 0.2) is 77.7 Å².